The van der Waals surface area contributed by atoms with E-state index in [9.17, 15) is 14.4 Å². The molecule has 0 bridgehead atoms. The average molecular weight is 413 g/mol. The second-order valence-electron chi connectivity index (χ2n) is 6.39. The molecule has 2 rings (SSSR count). The van der Waals surface area contributed by atoms with Crippen LogP contribution in [0.5, 0.6) is 0 Å². The first-order valence-corrected chi connectivity index (χ1v) is 9.78. The SMILES string of the molecule is CCOC(=O)NCCNC(=O)[C@H](Cc1ccccc1)NC(=O)OCc1ccccc1. The third-order valence-corrected chi connectivity index (χ3v) is 4.07. The van der Waals surface area contributed by atoms with Gasteiger partial charge in [-0.15, -0.1) is 0 Å². The minimum atomic E-state index is -0.821. The van der Waals surface area contributed by atoms with Crippen molar-refractivity contribution in [2.45, 2.75) is 26.0 Å². The van der Waals surface area contributed by atoms with Gasteiger partial charge in [0.25, 0.3) is 0 Å². The molecule has 0 aliphatic heterocycles. The third-order valence-electron chi connectivity index (χ3n) is 4.07. The van der Waals surface area contributed by atoms with Crippen molar-refractivity contribution >= 4 is 18.1 Å². The van der Waals surface area contributed by atoms with E-state index in [2.05, 4.69) is 16.0 Å². The summed E-state index contributed by atoms with van der Waals surface area (Å²) in [5.74, 6) is -0.374. The van der Waals surface area contributed by atoms with E-state index in [-0.39, 0.29) is 32.2 Å². The quantitative estimate of drug-likeness (QED) is 0.519. The Kier molecular flexibility index (Phi) is 9.72. The molecular formula is C22H27N3O5. The molecule has 8 nitrogen and oxygen atoms in total. The van der Waals surface area contributed by atoms with Gasteiger partial charge in [0.2, 0.25) is 5.91 Å². The van der Waals surface area contributed by atoms with Crippen LogP contribution in [0, 0.1) is 0 Å². The van der Waals surface area contributed by atoms with Crippen LogP contribution in [0.3, 0.4) is 0 Å². The number of ether oxygens (including phenoxy) is 2. The number of alkyl carbamates (subject to hydrolysis) is 2. The molecule has 8 heteroatoms. The van der Waals surface area contributed by atoms with Gasteiger partial charge in [0.05, 0.1) is 6.61 Å². The molecule has 0 aliphatic carbocycles. The Morgan fingerprint density at radius 3 is 2.03 bits per heavy atom. The number of rotatable bonds is 10. The lowest BCUT2D eigenvalue weighted by Crippen LogP contribution is -2.49. The van der Waals surface area contributed by atoms with Crippen molar-refractivity contribution in [1.82, 2.24) is 16.0 Å². The highest BCUT2D eigenvalue weighted by Crippen LogP contribution is 2.05. The molecule has 0 spiro atoms. The summed E-state index contributed by atoms with van der Waals surface area (Å²) in [6, 6.07) is 17.8. The van der Waals surface area contributed by atoms with Crippen LogP contribution in [-0.4, -0.2) is 43.8 Å². The smallest absolute Gasteiger partial charge is 0.408 e. The minimum absolute atomic E-state index is 0.107. The topological polar surface area (TPSA) is 106 Å². The number of carbonyl (C=O) groups is 3. The van der Waals surface area contributed by atoms with E-state index in [1.54, 1.807) is 6.92 Å². The van der Waals surface area contributed by atoms with Gasteiger partial charge in [-0.3, -0.25) is 4.79 Å². The van der Waals surface area contributed by atoms with Crippen molar-refractivity contribution in [1.29, 1.82) is 0 Å². The monoisotopic (exact) mass is 413 g/mol. The van der Waals surface area contributed by atoms with E-state index < -0.39 is 18.2 Å². The van der Waals surface area contributed by atoms with E-state index in [0.717, 1.165) is 11.1 Å². The summed E-state index contributed by atoms with van der Waals surface area (Å²) in [5.41, 5.74) is 1.74. The lowest BCUT2D eigenvalue weighted by atomic mass is 10.1. The highest BCUT2D eigenvalue weighted by atomic mass is 16.6. The molecule has 0 unspecified atom stereocenters. The number of hydrogen-bond donors (Lipinski definition) is 3. The zero-order valence-electron chi connectivity index (χ0n) is 16.9. The van der Waals surface area contributed by atoms with Crippen molar-refractivity contribution in [2.24, 2.45) is 0 Å². The van der Waals surface area contributed by atoms with Crippen molar-refractivity contribution in [3.63, 3.8) is 0 Å². The van der Waals surface area contributed by atoms with Gasteiger partial charge in [0.15, 0.2) is 0 Å². The highest BCUT2D eigenvalue weighted by molar-refractivity contribution is 5.86. The molecule has 0 heterocycles. The first-order chi connectivity index (χ1) is 14.6. The Hall–Kier alpha value is -3.55. The van der Waals surface area contributed by atoms with E-state index in [4.69, 9.17) is 9.47 Å². The highest BCUT2D eigenvalue weighted by Gasteiger charge is 2.21. The van der Waals surface area contributed by atoms with Crippen molar-refractivity contribution in [2.75, 3.05) is 19.7 Å². The second-order valence-corrected chi connectivity index (χ2v) is 6.39. The zero-order chi connectivity index (χ0) is 21.6. The van der Waals surface area contributed by atoms with Crippen LogP contribution in [0.4, 0.5) is 9.59 Å². The van der Waals surface area contributed by atoms with E-state index in [1.165, 1.54) is 0 Å². The molecule has 0 fully saturated rings. The molecule has 2 aromatic rings. The minimum Gasteiger partial charge on any atom is -0.450 e. The van der Waals surface area contributed by atoms with Crippen molar-refractivity contribution in [3.8, 4) is 0 Å². The average Bonchev–Trinajstić information content (AvgIpc) is 2.76. The third kappa shape index (κ3) is 8.64. The van der Waals surface area contributed by atoms with Crippen LogP contribution < -0.4 is 16.0 Å². The predicted octanol–water partition coefficient (Wildman–Crippen LogP) is 2.39. The molecule has 160 valence electrons. The van der Waals surface area contributed by atoms with Crippen LogP contribution in [0.1, 0.15) is 18.1 Å². The van der Waals surface area contributed by atoms with Crippen LogP contribution in [0.25, 0.3) is 0 Å². The lowest BCUT2D eigenvalue weighted by molar-refractivity contribution is -0.123. The maximum absolute atomic E-state index is 12.6. The fourth-order valence-electron chi connectivity index (χ4n) is 2.62. The van der Waals surface area contributed by atoms with Crippen molar-refractivity contribution < 1.29 is 23.9 Å². The second kappa shape index (κ2) is 12.8. The van der Waals surface area contributed by atoms with E-state index in [0.29, 0.717) is 6.42 Å². The molecule has 3 amide bonds. The lowest BCUT2D eigenvalue weighted by Gasteiger charge is -2.18. The van der Waals surface area contributed by atoms with Crippen LogP contribution in [0.2, 0.25) is 0 Å². The summed E-state index contributed by atoms with van der Waals surface area (Å²) in [6.45, 7) is 2.49. The maximum atomic E-state index is 12.6. The number of benzene rings is 2. The molecule has 0 saturated heterocycles. The number of hydrogen-bond acceptors (Lipinski definition) is 5. The van der Waals surface area contributed by atoms with Gasteiger partial charge in [-0.25, -0.2) is 9.59 Å². The fraction of sp³-hybridized carbons (Fsp3) is 0.318. The largest absolute Gasteiger partial charge is 0.450 e. The van der Waals surface area contributed by atoms with Crippen LogP contribution in [-0.2, 0) is 27.3 Å². The number of amides is 3. The molecule has 30 heavy (non-hydrogen) atoms. The molecular weight excluding hydrogens is 386 g/mol. The van der Waals surface area contributed by atoms with Gasteiger partial charge in [-0.05, 0) is 18.1 Å². The summed E-state index contributed by atoms with van der Waals surface area (Å²) < 4.78 is 9.98. The summed E-state index contributed by atoms with van der Waals surface area (Å²) >= 11 is 0. The molecule has 0 saturated carbocycles. The van der Waals surface area contributed by atoms with Gasteiger partial charge in [-0.2, -0.15) is 0 Å². The summed E-state index contributed by atoms with van der Waals surface area (Å²) in [5, 5.41) is 7.84. The summed E-state index contributed by atoms with van der Waals surface area (Å²) in [7, 11) is 0. The van der Waals surface area contributed by atoms with Gasteiger partial charge in [-0.1, -0.05) is 60.7 Å². The van der Waals surface area contributed by atoms with Gasteiger partial charge in [0.1, 0.15) is 12.6 Å². The molecule has 1 atom stereocenters. The van der Waals surface area contributed by atoms with Gasteiger partial charge >= 0.3 is 12.2 Å². The van der Waals surface area contributed by atoms with E-state index in [1.807, 2.05) is 60.7 Å². The Labute approximate surface area is 175 Å². The van der Waals surface area contributed by atoms with E-state index >= 15 is 0 Å². The zero-order valence-corrected chi connectivity index (χ0v) is 16.9. The molecule has 3 N–H and O–H groups in total. The molecule has 2 aromatic carbocycles. The molecule has 0 radical (unpaired) electrons. The Balaban J connectivity index is 1.88. The molecule has 0 aromatic heterocycles. The Morgan fingerprint density at radius 2 is 1.40 bits per heavy atom. The van der Waals surface area contributed by atoms with Crippen LogP contribution >= 0.6 is 0 Å². The fourth-order valence-corrected chi connectivity index (χ4v) is 2.62. The van der Waals surface area contributed by atoms with Gasteiger partial charge < -0.3 is 25.4 Å². The Morgan fingerprint density at radius 1 is 0.800 bits per heavy atom. The summed E-state index contributed by atoms with van der Waals surface area (Å²) in [4.78, 5) is 36.1. The van der Waals surface area contributed by atoms with Gasteiger partial charge in [0, 0.05) is 19.5 Å². The summed E-state index contributed by atoms with van der Waals surface area (Å²) in [6.07, 6.45) is -0.923. The maximum Gasteiger partial charge on any atom is 0.408 e. The normalized spacial score (nSPS) is 11.1. The Bertz CT molecular complexity index is 799. The standard InChI is InChI=1S/C22H27N3O5/c1-2-29-21(27)24-14-13-23-20(26)19(15-17-9-5-3-6-10-17)25-22(28)30-16-18-11-7-4-8-12-18/h3-12,19H,2,13-16H2,1H3,(H,23,26)(H,24,27)(H,25,28)/t19-/m0/s1. The first-order valence-electron chi connectivity index (χ1n) is 9.78. The van der Waals surface area contributed by atoms with Crippen LogP contribution in [0.15, 0.2) is 60.7 Å². The number of nitrogens with one attached hydrogen (secondary N) is 3. The predicted molar refractivity (Wildman–Crippen MR) is 112 cm³/mol. The van der Waals surface area contributed by atoms with Crippen molar-refractivity contribution in [3.05, 3.63) is 71.8 Å². The number of carbonyl (C=O) groups excluding carboxylic acids is 3. The molecule has 0 aliphatic rings. The first kappa shape index (κ1) is 22.7.